The van der Waals surface area contributed by atoms with E-state index < -0.39 is 50.4 Å². The largest absolute Gasteiger partial charge is 0.350 e. The molecule has 0 aromatic carbocycles. The van der Waals surface area contributed by atoms with Crippen molar-refractivity contribution < 1.29 is 9.85 Å². The molecular weight excluding hydrogens is 320 g/mol. The number of aromatic nitrogens is 4. The van der Waals surface area contributed by atoms with E-state index in [9.17, 15) is 39.4 Å². The van der Waals surface area contributed by atoms with E-state index in [0.29, 0.717) is 21.5 Å². The van der Waals surface area contributed by atoms with Crippen molar-refractivity contribution in [3.05, 3.63) is 74.3 Å². The highest BCUT2D eigenvalue weighted by atomic mass is 16.6. The summed E-state index contributed by atoms with van der Waals surface area (Å²) in [6.07, 6.45) is 1.15. The Hall–Kier alpha value is -3.84. The van der Waals surface area contributed by atoms with E-state index in [1.165, 1.54) is 0 Å². The van der Waals surface area contributed by atoms with Gasteiger partial charge in [0.05, 0.1) is 22.2 Å². The van der Waals surface area contributed by atoms with Crippen molar-refractivity contribution >= 4 is 11.4 Å². The van der Waals surface area contributed by atoms with Gasteiger partial charge in [-0.15, -0.1) is 0 Å². The fourth-order valence-electron chi connectivity index (χ4n) is 1.63. The molecule has 120 valence electrons. The Bertz CT molecular complexity index is 956. The molecule has 0 amide bonds. The first-order valence-corrected chi connectivity index (χ1v) is 5.67. The van der Waals surface area contributed by atoms with Crippen LogP contribution in [0.2, 0.25) is 0 Å². The number of H-pyrrole nitrogens is 2. The zero-order valence-electron chi connectivity index (χ0n) is 10.9. The van der Waals surface area contributed by atoms with Crippen LogP contribution in [0.4, 0.5) is 11.4 Å². The van der Waals surface area contributed by atoms with Crippen molar-refractivity contribution in [2.45, 2.75) is 6.67 Å². The van der Waals surface area contributed by atoms with Gasteiger partial charge in [0.1, 0.15) is 6.67 Å². The molecule has 0 fully saturated rings. The molecule has 0 bridgehead atoms. The molecule has 2 aromatic heterocycles. The molecule has 2 N–H and O–H groups in total. The zero-order chi connectivity index (χ0) is 17.3. The summed E-state index contributed by atoms with van der Waals surface area (Å²) >= 11 is 0. The van der Waals surface area contributed by atoms with Crippen molar-refractivity contribution in [3.8, 4) is 0 Å². The third-order valence-electron chi connectivity index (χ3n) is 2.68. The molecule has 23 heavy (non-hydrogen) atoms. The van der Waals surface area contributed by atoms with Crippen LogP contribution in [0.1, 0.15) is 0 Å². The summed E-state index contributed by atoms with van der Waals surface area (Å²) < 4.78 is 1.14. The lowest BCUT2D eigenvalue weighted by Gasteiger charge is -2.06. The average molecular weight is 326 g/mol. The van der Waals surface area contributed by atoms with Crippen LogP contribution in [0, 0.1) is 20.2 Å². The van der Waals surface area contributed by atoms with Crippen molar-refractivity contribution in [1.29, 1.82) is 0 Å². The fourth-order valence-corrected chi connectivity index (χ4v) is 1.63. The van der Waals surface area contributed by atoms with E-state index in [1.54, 1.807) is 9.97 Å². The molecule has 0 aliphatic carbocycles. The minimum atomic E-state index is -1.24. The number of rotatable bonds is 4. The summed E-state index contributed by atoms with van der Waals surface area (Å²) in [4.78, 5) is 68.2. The lowest BCUT2D eigenvalue weighted by molar-refractivity contribution is -0.387. The number of hydrogen-bond donors (Lipinski definition) is 2. The van der Waals surface area contributed by atoms with Crippen molar-refractivity contribution in [2.24, 2.45) is 0 Å². The molecule has 14 heteroatoms. The standard InChI is InChI=1S/C9H6N6O8/c16-6-4(14(20)21)1-12(8(18)10-6)3-13-2-5(15(22)23)7(17)11-9(13)19/h1-2H,3H2,(H,10,16,18)(H,11,17,19). The summed E-state index contributed by atoms with van der Waals surface area (Å²) in [5.74, 6) is 0. The maximum Gasteiger partial charge on any atom is 0.350 e. The van der Waals surface area contributed by atoms with Gasteiger partial charge < -0.3 is 0 Å². The molecule has 0 saturated heterocycles. The Kier molecular flexibility index (Phi) is 3.72. The predicted molar refractivity (Wildman–Crippen MR) is 71.4 cm³/mol. The summed E-state index contributed by atoms with van der Waals surface area (Å²) in [6, 6.07) is 0. The van der Waals surface area contributed by atoms with Gasteiger partial charge >= 0.3 is 33.9 Å². The highest BCUT2D eigenvalue weighted by Crippen LogP contribution is 2.01. The number of nitrogens with zero attached hydrogens (tertiary/aromatic N) is 4. The quantitative estimate of drug-likeness (QED) is 0.462. The first-order valence-electron chi connectivity index (χ1n) is 5.67. The van der Waals surface area contributed by atoms with E-state index >= 15 is 0 Å². The van der Waals surface area contributed by atoms with Crippen LogP contribution in [0.5, 0.6) is 0 Å². The topological polar surface area (TPSA) is 196 Å². The Balaban J connectivity index is 2.60. The minimum absolute atomic E-state index is 0.572. The third-order valence-corrected chi connectivity index (χ3v) is 2.68. The second-order valence-corrected chi connectivity index (χ2v) is 4.14. The Labute approximate surface area is 122 Å². The molecule has 2 rings (SSSR count). The highest BCUT2D eigenvalue weighted by Gasteiger charge is 2.18. The van der Waals surface area contributed by atoms with Gasteiger partial charge in [-0.05, 0) is 0 Å². The lowest BCUT2D eigenvalue weighted by atomic mass is 10.5. The molecule has 0 spiro atoms. The average Bonchev–Trinajstić information content (AvgIpc) is 2.43. The number of nitrogens with one attached hydrogen (secondary N) is 2. The number of aromatic amines is 2. The van der Waals surface area contributed by atoms with Gasteiger partial charge in [-0.1, -0.05) is 0 Å². The molecule has 0 radical (unpaired) electrons. The van der Waals surface area contributed by atoms with Gasteiger partial charge in [-0.25, -0.2) is 9.59 Å². The Morgan fingerprint density at radius 1 is 0.826 bits per heavy atom. The van der Waals surface area contributed by atoms with E-state index in [0.717, 1.165) is 0 Å². The maximum absolute atomic E-state index is 11.6. The molecule has 0 aliphatic rings. The fraction of sp³-hybridized carbons (Fsp3) is 0.111. The molecule has 0 atom stereocenters. The zero-order valence-corrected chi connectivity index (χ0v) is 10.9. The molecule has 2 aromatic rings. The third kappa shape index (κ3) is 2.94. The molecule has 0 unspecified atom stereocenters. The van der Waals surface area contributed by atoms with Crippen LogP contribution >= 0.6 is 0 Å². The van der Waals surface area contributed by atoms with Crippen LogP contribution in [-0.4, -0.2) is 28.9 Å². The second kappa shape index (κ2) is 5.51. The highest BCUT2D eigenvalue weighted by molar-refractivity contribution is 5.22. The predicted octanol–water partition coefficient (Wildman–Crippen LogP) is -2.29. The second-order valence-electron chi connectivity index (χ2n) is 4.14. The van der Waals surface area contributed by atoms with Gasteiger partial charge in [0.15, 0.2) is 0 Å². The molecular formula is C9H6N6O8. The summed E-state index contributed by atoms with van der Waals surface area (Å²) in [5.41, 5.74) is -6.57. The van der Waals surface area contributed by atoms with Crippen LogP contribution in [-0.2, 0) is 6.67 Å². The molecule has 2 heterocycles. The Morgan fingerprint density at radius 3 is 1.48 bits per heavy atom. The summed E-state index contributed by atoms with van der Waals surface area (Å²) in [6.45, 7) is -0.701. The maximum atomic E-state index is 11.6. The van der Waals surface area contributed by atoms with E-state index in [-0.39, 0.29) is 0 Å². The van der Waals surface area contributed by atoms with Crippen LogP contribution < -0.4 is 22.5 Å². The minimum Gasteiger partial charge on any atom is -0.275 e. The van der Waals surface area contributed by atoms with Gasteiger partial charge in [0.2, 0.25) is 0 Å². The van der Waals surface area contributed by atoms with E-state index in [2.05, 4.69) is 0 Å². The monoisotopic (exact) mass is 326 g/mol. The molecule has 14 nitrogen and oxygen atoms in total. The van der Waals surface area contributed by atoms with Crippen molar-refractivity contribution in [1.82, 2.24) is 19.1 Å². The van der Waals surface area contributed by atoms with Crippen molar-refractivity contribution in [3.63, 3.8) is 0 Å². The summed E-state index contributed by atoms with van der Waals surface area (Å²) in [5, 5.41) is 21.3. The van der Waals surface area contributed by atoms with Crippen molar-refractivity contribution in [2.75, 3.05) is 0 Å². The normalized spacial score (nSPS) is 10.4. The van der Waals surface area contributed by atoms with Crippen LogP contribution in [0.25, 0.3) is 0 Å². The van der Waals surface area contributed by atoms with E-state index in [1.807, 2.05) is 0 Å². The molecule has 0 aliphatic heterocycles. The number of hydrogen-bond acceptors (Lipinski definition) is 8. The van der Waals surface area contributed by atoms with Crippen LogP contribution in [0.15, 0.2) is 31.6 Å². The van der Waals surface area contributed by atoms with Gasteiger partial charge in [-0.3, -0.25) is 48.9 Å². The van der Waals surface area contributed by atoms with E-state index in [4.69, 9.17) is 0 Å². The van der Waals surface area contributed by atoms with Crippen LogP contribution in [0.3, 0.4) is 0 Å². The lowest BCUT2D eigenvalue weighted by Crippen LogP contribution is -2.37. The SMILES string of the molecule is O=c1[nH]c(=O)n(Cn2cc([N+](=O)[O-])c(=O)[nH]c2=O)cc1[N+](=O)[O-]. The van der Waals surface area contributed by atoms with Gasteiger partial charge in [-0.2, -0.15) is 0 Å². The Morgan fingerprint density at radius 2 is 1.17 bits per heavy atom. The summed E-state index contributed by atoms with van der Waals surface area (Å²) in [7, 11) is 0. The first-order chi connectivity index (χ1) is 10.7. The number of nitro groups is 2. The van der Waals surface area contributed by atoms with Gasteiger partial charge in [0.25, 0.3) is 0 Å². The smallest absolute Gasteiger partial charge is 0.275 e. The van der Waals surface area contributed by atoms with Gasteiger partial charge in [0, 0.05) is 0 Å². The molecule has 0 saturated carbocycles. The first kappa shape index (κ1) is 15.5.